The van der Waals surface area contributed by atoms with Gasteiger partial charge in [0, 0.05) is 28.3 Å². The van der Waals surface area contributed by atoms with E-state index in [-0.39, 0.29) is 12.4 Å². The summed E-state index contributed by atoms with van der Waals surface area (Å²) in [5.74, 6) is 0.448. The zero-order chi connectivity index (χ0) is 11.8. The molecule has 2 heterocycles. The van der Waals surface area contributed by atoms with Crippen molar-refractivity contribution in [2.75, 3.05) is 0 Å². The van der Waals surface area contributed by atoms with Crippen molar-refractivity contribution in [1.82, 2.24) is 4.98 Å². The number of fused-ring (bicyclic) bond motifs is 1. The molecule has 1 N–H and O–H groups in total. The molecule has 4 heteroatoms. The normalized spacial score (nSPS) is 18.1. The maximum absolute atomic E-state index is 8.21. The van der Waals surface area contributed by atoms with Crippen LogP contribution < -0.4 is 0 Å². The Morgan fingerprint density at radius 3 is 2.89 bits per heavy atom. The molecule has 1 aliphatic carbocycles. The molecule has 18 heavy (non-hydrogen) atoms. The summed E-state index contributed by atoms with van der Waals surface area (Å²) in [5, 5.41) is 10.3. The summed E-state index contributed by atoms with van der Waals surface area (Å²) in [6.07, 6.45) is 3.68. The number of nitrogens with zero attached hydrogens (tertiary/aromatic N) is 1. The van der Waals surface area contributed by atoms with Crippen LogP contribution in [0.25, 0.3) is 0 Å². The van der Waals surface area contributed by atoms with E-state index in [1.165, 1.54) is 10.4 Å². The number of rotatable bonds is 1. The third-order valence-electron chi connectivity index (χ3n) is 3.38. The smallest absolute Gasteiger partial charge is 0.0503 e. The van der Waals surface area contributed by atoms with E-state index in [0.29, 0.717) is 5.92 Å². The lowest BCUT2D eigenvalue weighted by Crippen LogP contribution is -2.20. The molecular weight excluding hydrogens is 264 g/mol. The Morgan fingerprint density at radius 1 is 1.33 bits per heavy atom. The van der Waals surface area contributed by atoms with E-state index < -0.39 is 0 Å². The Bertz CT molecular complexity index is 563. The van der Waals surface area contributed by atoms with Gasteiger partial charge in [-0.1, -0.05) is 6.07 Å². The number of aromatic nitrogens is 1. The predicted octanol–water partition coefficient (Wildman–Crippen LogP) is 3.97. The van der Waals surface area contributed by atoms with Crippen LogP contribution in [0.1, 0.15) is 34.0 Å². The maximum atomic E-state index is 8.21. The van der Waals surface area contributed by atoms with Crippen molar-refractivity contribution in [3.8, 4) is 0 Å². The Balaban J connectivity index is 0.00000120. The van der Waals surface area contributed by atoms with Crippen LogP contribution in [0.4, 0.5) is 0 Å². The lowest BCUT2D eigenvalue weighted by molar-refractivity contribution is 0.688. The molecule has 1 atom stereocenters. The van der Waals surface area contributed by atoms with Crippen molar-refractivity contribution in [2.45, 2.75) is 25.7 Å². The number of halogens is 1. The summed E-state index contributed by atoms with van der Waals surface area (Å²) >= 11 is 1.79. The van der Waals surface area contributed by atoms with Crippen LogP contribution in [0, 0.1) is 12.3 Å². The maximum Gasteiger partial charge on any atom is 0.0503 e. The molecular formula is C14H15ClN2S. The summed E-state index contributed by atoms with van der Waals surface area (Å²) in [6, 6.07) is 6.26. The van der Waals surface area contributed by atoms with E-state index >= 15 is 0 Å². The predicted molar refractivity (Wildman–Crippen MR) is 78.4 cm³/mol. The average Bonchev–Trinajstić information content (AvgIpc) is 2.81. The number of thiophene rings is 1. The highest BCUT2D eigenvalue weighted by Gasteiger charge is 2.26. The van der Waals surface area contributed by atoms with E-state index in [1.807, 2.05) is 12.3 Å². The number of hydrogen-bond donors (Lipinski definition) is 1. The molecule has 1 unspecified atom stereocenters. The number of hydrogen-bond acceptors (Lipinski definition) is 3. The van der Waals surface area contributed by atoms with Gasteiger partial charge >= 0.3 is 0 Å². The van der Waals surface area contributed by atoms with Crippen molar-refractivity contribution in [3.63, 3.8) is 0 Å². The van der Waals surface area contributed by atoms with E-state index in [4.69, 9.17) is 5.41 Å². The van der Waals surface area contributed by atoms with Gasteiger partial charge in [-0.25, -0.2) is 0 Å². The Hall–Kier alpha value is -1.19. The minimum Gasteiger partial charge on any atom is -0.305 e. The molecule has 0 fully saturated rings. The second-order valence-electron chi connectivity index (χ2n) is 4.55. The van der Waals surface area contributed by atoms with Crippen LogP contribution >= 0.6 is 23.7 Å². The van der Waals surface area contributed by atoms with E-state index in [1.54, 1.807) is 11.3 Å². The molecule has 0 bridgehead atoms. The van der Waals surface area contributed by atoms with Crippen LogP contribution in [0.5, 0.6) is 0 Å². The van der Waals surface area contributed by atoms with Crippen molar-refractivity contribution >= 4 is 29.5 Å². The molecule has 1 aliphatic rings. The summed E-state index contributed by atoms with van der Waals surface area (Å²) in [7, 11) is 0. The monoisotopic (exact) mass is 278 g/mol. The van der Waals surface area contributed by atoms with Crippen molar-refractivity contribution in [1.29, 1.82) is 5.41 Å². The number of pyridine rings is 1. The van der Waals surface area contributed by atoms with Gasteiger partial charge in [0.05, 0.1) is 5.69 Å². The third-order valence-corrected chi connectivity index (χ3v) is 4.41. The summed E-state index contributed by atoms with van der Waals surface area (Å²) < 4.78 is 0. The summed E-state index contributed by atoms with van der Waals surface area (Å²) in [4.78, 5) is 5.83. The molecule has 0 saturated carbocycles. The van der Waals surface area contributed by atoms with Gasteiger partial charge in [-0.15, -0.1) is 23.7 Å². The zero-order valence-electron chi connectivity index (χ0n) is 10.1. The average molecular weight is 279 g/mol. The lowest BCUT2D eigenvalue weighted by Gasteiger charge is -2.24. The molecule has 2 aromatic rings. The first-order valence-corrected chi connectivity index (χ1v) is 6.69. The Labute approximate surface area is 117 Å². The first-order valence-electron chi connectivity index (χ1n) is 5.81. The first kappa shape index (κ1) is 13.2. The first-order chi connectivity index (χ1) is 8.25. The van der Waals surface area contributed by atoms with Gasteiger partial charge in [0.2, 0.25) is 0 Å². The zero-order valence-corrected chi connectivity index (χ0v) is 11.8. The third kappa shape index (κ3) is 2.20. The molecule has 0 saturated heterocycles. The molecule has 2 nitrogen and oxygen atoms in total. The summed E-state index contributed by atoms with van der Waals surface area (Å²) in [6.45, 7) is 2.07. The molecule has 0 aromatic carbocycles. The SMILES string of the molecule is Cc1ccnc2c1C(=N)CC(c1cccs1)C2.Cl. The van der Waals surface area contributed by atoms with Gasteiger partial charge in [0.15, 0.2) is 0 Å². The fourth-order valence-corrected chi connectivity index (χ4v) is 3.39. The van der Waals surface area contributed by atoms with Gasteiger partial charge in [0.1, 0.15) is 0 Å². The minimum absolute atomic E-state index is 0. The van der Waals surface area contributed by atoms with Crippen LogP contribution in [-0.4, -0.2) is 10.7 Å². The van der Waals surface area contributed by atoms with Crippen molar-refractivity contribution in [2.24, 2.45) is 0 Å². The highest BCUT2D eigenvalue weighted by atomic mass is 35.5. The van der Waals surface area contributed by atoms with E-state index in [9.17, 15) is 0 Å². The molecule has 0 spiro atoms. The Kier molecular flexibility index (Phi) is 3.83. The standard InChI is InChI=1S/C14H14N2S.ClH/c1-9-4-5-16-12-8-10(7-11(15)14(9)12)13-3-2-6-17-13;/h2-6,10,15H,7-8H2,1H3;1H. The lowest BCUT2D eigenvalue weighted by atomic mass is 9.83. The minimum atomic E-state index is 0. The van der Waals surface area contributed by atoms with Crippen LogP contribution in [0.15, 0.2) is 29.8 Å². The van der Waals surface area contributed by atoms with Gasteiger partial charge in [-0.3, -0.25) is 4.98 Å². The molecule has 0 aliphatic heterocycles. The highest BCUT2D eigenvalue weighted by Crippen LogP contribution is 2.34. The van der Waals surface area contributed by atoms with Crippen LogP contribution in [0.2, 0.25) is 0 Å². The molecule has 0 radical (unpaired) electrons. The van der Waals surface area contributed by atoms with E-state index in [2.05, 4.69) is 29.4 Å². The highest BCUT2D eigenvalue weighted by molar-refractivity contribution is 7.10. The second-order valence-corrected chi connectivity index (χ2v) is 5.53. The van der Waals surface area contributed by atoms with Gasteiger partial charge in [0.25, 0.3) is 0 Å². The number of nitrogens with one attached hydrogen (secondary N) is 1. The molecule has 2 aromatic heterocycles. The van der Waals surface area contributed by atoms with Crippen molar-refractivity contribution < 1.29 is 0 Å². The quantitative estimate of drug-likeness (QED) is 0.842. The van der Waals surface area contributed by atoms with Gasteiger partial charge in [-0.05, 0) is 42.8 Å². The van der Waals surface area contributed by atoms with Crippen molar-refractivity contribution in [3.05, 3.63) is 51.5 Å². The van der Waals surface area contributed by atoms with Crippen LogP contribution in [0.3, 0.4) is 0 Å². The molecule has 0 amide bonds. The molecule has 3 rings (SSSR count). The topological polar surface area (TPSA) is 36.7 Å². The largest absolute Gasteiger partial charge is 0.305 e. The fourth-order valence-electron chi connectivity index (χ4n) is 2.56. The van der Waals surface area contributed by atoms with Crippen LogP contribution in [-0.2, 0) is 6.42 Å². The van der Waals surface area contributed by atoms with Gasteiger partial charge < -0.3 is 5.41 Å². The number of aryl methyl sites for hydroxylation is 1. The summed E-state index contributed by atoms with van der Waals surface area (Å²) in [5.41, 5.74) is 4.11. The Morgan fingerprint density at radius 2 is 2.17 bits per heavy atom. The van der Waals surface area contributed by atoms with E-state index in [0.717, 1.165) is 29.8 Å². The molecule has 94 valence electrons. The van der Waals surface area contributed by atoms with Gasteiger partial charge in [-0.2, -0.15) is 0 Å². The fraction of sp³-hybridized carbons (Fsp3) is 0.286. The second kappa shape index (κ2) is 5.21.